The SMILES string of the molecule is [2H]c1c2c(c([2H])c(OC)c1OC)C1N(CC2)CC([2H])(CC(C)C)C([2H])(O)C1([2H])[2H]. The van der Waals surface area contributed by atoms with Crippen molar-refractivity contribution in [3.63, 3.8) is 0 Å². The lowest BCUT2D eigenvalue weighted by Gasteiger charge is -2.46. The third kappa shape index (κ3) is 3.20. The van der Waals surface area contributed by atoms with E-state index in [-0.39, 0.29) is 48.0 Å². The van der Waals surface area contributed by atoms with Crippen molar-refractivity contribution >= 4 is 0 Å². The van der Waals surface area contributed by atoms with Crippen molar-refractivity contribution in [2.45, 2.75) is 45.2 Å². The van der Waals surface area contributed by atoms with E-state index in [0.29, 0.717) is 18.5 Å². The normalized spacial score (nSPS) is 39.8. The molecule has 0 spiro atoms. The zero-order chi connectivity index (χ0) is 21.9. The largest absolute Gasteiger partial charge is 0.493 e. The van der Waals surface area contributed by atoms with Gasteiger partial charge in [-0.25, -0.2) is 0 Å². The highest BCUT2D eigenvalue weighted by atomic mass is 16.5. The average molecular weight is 325 g/mol. The molecule has 0 bridgehead atoms. The van der Waals surface area contributed by atoms with E-state index in [1.165, 1.54) is 14.2 Å². The van der Waals surface area contributed by atoms with E-state index in [2.05, 4.69) is 0 Å². The lowest BCUT2D eigenvalue weighted by molar-refractivity contribution is -0.0191. The minimum Gasteiger partial charge on any atom is -0.493 e. The second kappa shape index (κ2) is 6.70. The molecule has 3 unspecified atom stereocenters. The van der Waals surface area contributed by atoms with Crippen LogP contribution in [0.5, 0.6) is 11.5 Å². The number of fused-ring (bicyclic) bond motifs is 3. The molecule has 2 heterocycles. The van der Waals surface area contributed by atoms with Gasteiger partial charge in [-0.3, -0.25) is 4.90 Å². The molecule has 2 aliphatic rings. The number of aliphatic hydroxyl groups is 1. The van der Waals surface area contributed by atoms with Crippen LogP contribution in [0.1, 0.15) is 52.0 Å². The van der Waals surface area contributed by atoms with Crippen molar-refractivity contribution in [2.75, 3.05) is 27.3 Å². The van der Waals surface area contributed by atoms with Gasteiger partial charge >= 0.3 is 0 Å². The standard InChI is InChI=1S/C19H29NO3/c1-12(2)7-14-11-20-6-5-13-8-18(22-3)19(23-4)9-15(13)16(20)10-17(14)21/h8-9,12,14,16-17,21H,5-7,10-11H2,1-4H3/i8D,9D,10D2,14D,17D. The van der Waals surface area contributed by atoms with Gasteiger partial charge in [-0.05, 0) is 54.2 Å². The van der Waals surface area contributed by atoms with Crippen LogP contribution in [0.25, 0.3) is 0 Å². The molecule has 128 valence electrons. The second-order valence-electron chi connectivity index (χ2n) is 6.53. The topological polar surface area (TPSA) is 41.9 Å². The van der Waals surface area contributed by atoms with Gasteiger partial charge in [0.15, 0.2) is 11.5 Å². The first-order valence-corrected chi connectivity index (χ1v) is 8.04. The lowest BCUT2D eigenvalue weighted by Crippen LogP contribution is -2.48. The number of ether oxygens (including phenoxy) is 2. The highest BCUT2D eigenvalue weighted by Crippen LogP contribution is 2.43. The van der Waals surface area contributed by atoms with Gasteiger partial charge in [0, 0.05) is 23.2 Å². The number of nitrogens with zero attached hydrogens (tertiary/aromatic N) is 1. The maximum absolute atomic E-state index is 11.0. The Kier molecular flexibility index (Phi) is 3.08. The third-order valence-corrected chi connectivity index (χ3v) is 4.40. The molecular weight excluding hydrogens is 290 g/mol. The minimum absolute atomic E-state index is 0.00439. The molecule has 2 aliphatic heterocycles. The molecule has 0 amide bonds. The Morgan fingerprint density at radius 2 is 2.09 bits per heavy atom. The summed E-state index contributed by atoms with van der Waals surface area (Å²) in [6, 6.07) is -1.20. The van der Waals surface area contributed by atoms with Crippen molar-refractivity contribution in [1.82, 2.24) is 4.90 Å². The molecule has 4 heteroatoms. The first-order valence-electron chi connectivity index (χ1n) is 11.0. The lowest BCUT2D eigenvalue weighted by atomic mass is 9.79. The number of hydrogen-bond donors (Lipinski definition) is 1. The molecule has 1 aromatic carbocycles. The van der Waals surface area contributed by atoms with Gasteiger partial charge in [-0.2, -0.15) is 0 Å². The van der Waals surface area contributed by atoms with E-state index >= 15 is 0 Å². The molecule has 3 rings (SSSR count). The van der Waals surface area contributed by atoms with Crippen molar-refractivity contribution in [1.29, 1.82) is 0 Å². The highest BCUT2D eigenvalue weighted by molar-refractivity contribution is 5.49. The summed E-state index contributed by atoms with van der Waals surface area (Å²) in [6.07, 6.45) is -4.67. The summed E-state index contributed by atoms with van der Waals surface area (Å²) in [5, 5.41) is 11.0. The Bertz CT molecular complexity index is 816. The van der Waals surface area contributed by atoms with Crippen LogP contribution in [0.2, 0.25) is 0 Å². The molecule has 3 atom stereocenters. The predicted molar refractivity (Wildman–Crippen MR) is 91.1 cm³/mol. The average Bonchev–Trinajstić information content (AvgIpc) is 2.61. The van der Waals surface area contributed by atoms with E-state index in [0.717, 1.165) is 0 Å². The molecule has 1 saturated heterocycles. The van der Waals surface area contributed by atoms with Crippen LogP contribution >= 0.6 is 0 Å². The Labute approximate surface area is 147 Å². The van der Waals surface area contributed by atoms with Gasteiger partial charge in [0.2, 0.25) is 0 Å². The Morgan fingerprint density at radius 1 is 1.39 bits per heavy atom. The van der Waals surface area contributed by atoms with Gasteiger partial charge in [0.1, 0.15) is 0 Å². The maximum Gasteiger partial charge on any atom is 0.161 e. The van der Waals surface area contributed by atoms with Crippen LogP contribution in [0.3, 0.4) is 0 Å². The summed E-state index contributed by atoms with van der Waals surface area (Å²) >= 11 is 0. The van der Waals surface area contributed by atoms with Crippen molar-refractivity contribution in [3.8, 4) is 11.5 Å². The van der Waals surface area contributed by atoms with Crippen LogP contribution in [-0.2, 0) is 6.42 Å². The molecule has 1 fully saturated rings. The smallest absolute Gasteiger partial charge is 0.161 e. The molecular formula is C19H29NO3. The zero-order valence-electron chi connectivity index (χ0n) is 20.2. The quantitative estimate of drug-likeness (QED) is 0.924. The monoisotopic (exact) mass is 325 g/mol. The molecule has 0 saturated carbocycles. The van der Waals surface area contributed by atoms with Gasteiger partial charge in [-0.15, -0.1) is 0 Å². The minimum atomic E-state index is -2.69. The fourth-order valence-corrected chi connectivity index (χ4v) is 3.34. The van der Waals surface area contributed by atoms with Gasteiger partial charge in [0.25, 0.3) is 0 Å². The van der Waals surface area contributed by atoms with Gasteiger partial charge < -0.3 is 14.6 Å². The first-order chi connectivity index (χ1) is 13.3. The number of rotatable bonds is 4. The van der Waals surface area contributed by atoms with E-state index in [4.69, 9.17) is 17.7 Å². The van der Waals surface area contributed by atoms with Crippen LogP contribution in [0.15, 0.2) is 12.1 Å². The van der Waals surface area contributed by atoms with Gasteiger partial charge in [-0.1, -0.05) is 13.8 Å². The number of hydrogen-bond acceptors (Lipinski definition) is 4. The fraction of sp³-hybridized carbons (Fsp3) is 0.684. The maximum atomic E-state index is 11.0. The molecule has 23 heavy (non-hydrogen) atoms. The van der Waals surface area contributed by atoms with E-state index in [1.807, 2.05) is 13.8 Å². The third-order valence-electron chi connectivity index (χ3n) is 4.40. The summed E-state index contributed by atoms with van der Waals surface area (Å²) in [4.78, 5) is 1.74. The Balaban J connectivity index is 2.24. The number of piperidine rings is 1. The summed E-state index contributed by atoms with van der Waals surface area (Å²) in [5.74, 6) is -1.56. The summed E-state index contributed by atoms with van der Waals surface area (Å²) < 4.78 is 62.5. The molecule has 0 radical (unpaired) electrons. The predicted octanol–water partition coefficient (Wildman–Crippen LogP) is 3.03. The Morgan fingerprint density at radius 3 is 2.74 bits per heavy atom. The van der Waals surface area contributed by atoms with E-state index in [9.17, 15) is 5.11 Å². The van der Waals surface area contributed by atoms with Crippen LogP contribution in [-0.4, -0.2) is 43.4 Å². The van der Waals surface area contributed by atoms with Crippen molar-refractivity contribution in [2.24, 2.45) is 11.8 Å². The molecule has 0 aliphatic carbocycles. The van der Waals surface area contributed by atoms with E-state index in [1.54, 1.807) is 4.90 Å². The van der Waals surface area contributed by atoms with Crippen LogP contribution in [0.4, 0.5) is 0 Å². The summed E-state index contributed by atoms with van der Waals surface area (Å²) in [5.41, 5.74) is 0.705. The van der Waals surface area contributed by atoms with Crippen LogP contribution in [0, 0.1) is 11.8 Å². The highest BCUT2D eigenvalue weighted by Gasteiger charge is 2.38. The molecule has 1 N–H and O–H groups in total. The van der Waals surface area contributed by atoms with Gasteiger partial charge in [0.05, 0.1) is 24.4 Å². The number of methoxy groups -OCH3 is 2. The first kappa shape index (κ1) is 10.6. The number of benzene rings is 1. The fourth-order valence-electron chi connectivity index (χ4n) is 3.34. The zero-order valence-corrected chi connectivity index (χ0v) is 14.2. The van der Waals surface area contributed by atoms with E-state index < -0.39 is 24.4 Å². The van der Waals surface area contributed by atoms with Crippen molar-refractivity contribution < 1.29 is 22.8 Å². The summed E-state index contributed by atoms with van der Waals surface area (Å²) in [6.45, 7) is 4.14. The molecule has 1 aromatic rings. The molecule has 4 nitrogen and oxygen atoms in total. The second-order valence-corrected chi connectivity index (χ2v) is 6.53. The summed E-state index contributed by atoms with van der Waals surface area (Å²) in [7, 11) is 2.75. The molecule has 0 aromatic heterocycles. The Hall–Kier alpha value is -1.26. The van der Waals surface area contributed by atoms with Crippen LogP contribution < -0.4 is 9.47 Å². The van der Waals surface area contributed by atoms with Crippen molar-refractivity contribution in [3.05, 3.63) is 23.2 Å².